The van der Waals surface area contributed by atoms with Gasteiger partial charge in [-0.2, -0.15) is 0 Å². The van der Waals surface area contributed by atoms with Crippen LogP contribution >= 0.6 is 0 Å². The highest BCUT2D eigenvalue weighted by atomic mass is 16.3. The Bertz CT molecular complexity index is 86.4. The largest absolute Gasteiger partial charge is 0.396 e. The second kappa shape index (κ2) is 5.49. The van der Waals surface area contributed by atoms with Crippen LogP contribution in [0, 0.1) is 5.41 Å². The number of rotatable bonds is 6. The van der Waals surface area contributed by atoms with E-state index in [-0.39, 0.29) is 13.2 Å². The molecule has 0 saturated carbocycles. The summed E-state index contributed by atoms with van der Waals surface area (Å²) < 4.78 is 0. The van der Waals surface area contributed by atoms with Crippen molar-refractivity contribution in [1.82, 2.24) is 10.6 Å². The molecule has 0 spiro atoms. The van der Waals surface area contributed by atoms with Gasteiger partial charge in [-0.15, -0.1) is 0 Å². The highest BCUT2D eigenvalue weighted by Gasteiger charge is 2.26. The van der Waals surface area contributed by atoms with Crippen LogP contribution < -0.4 is 10.6 Å². The summed E-state index contributed by atoms with van der Waals surface area (Å²) in [4.78, 5) is 0. The van der Waals surface area contributed by atoms with Crippen LogP contribution in [0.3, 0.4) is 0 Å². The van der Waals surface area contributed by atoms with Crippen LogP contribution in [-0.4, -0.2) is 50.6 Å². The molecule has 0 amide bonds. The van der Waals surface area contributed by atoms with Gasteiger partial charge in [-0.3, -0.25) is 0 Å². The van der Waals surface area contributed by atoms with Crippen molar-refractivity contribution in [2.75, 3.05) is 40.4 Å². The smallest absolute Gasteiger partial charge is 0.0533 e. The molecule has 0 fully saturated rings. The quantitative estimate of drug-likeness (QED) is 0.380. The number of aliphatic hydroxyl groups is 2. The first-order valence-corrected chi connectivity index (χ1v) is 3.75. The van der Waals surface area contributed by atoms with E-state index in [1.807, 2.05) is 0 Å². The van der Waals surface area contributed by atoms with Gasteiger partial charge in [0.05, 0.1) is 13.2 Å². The van der Waals surface area contributed by atoms with E-state index in [9.17, 15) is 0 Å². The third-order valence-corrected chi connectivity index (χ3v) is 1.77. The maximum absolute atomic E-state index is 9.00. The Morgan fingerprint density at radius 1 is 1.00 bits per heavy atom. The number of nitrogens with one attached hydrogen (secondary N) is 2. The summed E-state index contributed by atoms with van der Waals surface area (Å²) in [7, 11) is 3.60. The van der Waals surface area contributed by atoms with Gasteiger partial charge < -0.3 is 20.8 Å². The standard InChI is InChI=1S/C7H18N2O2/c1-8-3-7(5-10,6-11)4-9-2/h8-11H,3-6H2,1-2H3. The van der Waals surface area contributed by atoms with Gasteiger partial charge in [0.1, 0.15) is 0 Å². The van der Waals surface area contributed by atoms with Crippen LogP contribution in [-0.2, 0) is 0 Å². The molecule has 0 aromatic rings. The van der Waals surface area contributed by atoms with E-state index in [2.05, 4.69) is 10.6 Å². The van der Waals surface area contributed by atoms with Crippen LogP contribution in [0.25, 0.3) is 0 Å². The highest BCUT2D eigenvalue weighted by Crippen LogP contribution is 2.11. The second-order valence-corrected chi connectivity index (χ2v) is 2.88. The molecule has 0 radical (unpaired) electrons. The minimum absolute atomic E-state index is 0.00875. The van der Waals surface area contributed by atoms with E-state index >= 15 is 0 Å². The summed E-state index contributed by atoms with van der Waals surface area (Å²) in [6, 6.07) is 0. The van der Waals surface area contributed by atoms with E-state index < -0.39 is 5.41 Å². The fourth-order valence-electron chi connectivity index (χ4n) is 1.09. The molecule has 11 heavy (non-hydrogen) atoms. The van der Waals surface area contributed by atoms with Crippen molar-refractivity contribution in [1.29, 1.82) is 0 Å². The molecule has 68 valence electrons. The normalized spacial score (nSPS) is 12.0. The highest BCUT2D eigenvalue weighted by molar-refractivity contribution is 4.81. The Hall–Kier alpha value is -0.160. The lowest BCUT2D eigenvalue weighted by Gasteiger charge is -2.28. The third-order valence-electron chi connectivity index (χ3n) is 1.77. The molecule has 0 aliphatic carbocycles. The summed E-state index contributed by atoms with van der Waals surface area (Å²) in [5.74, 6) is 0. The van der Waals surface area contributed by atoms with Crippen LogP contribution in [0.1, 0.15) is 0 Å². The van der Waals surface area contributed by atoms with E-state index in [1.54, 1.807) is 14.1 Å². The SMILES string of the molecule is CNCC(CO)(CO)CNC. The van der Waals surface area contributed by atoms with Crippen molar-refractivity contribution < 1.29 is 10.2 Å². The predicted octanol–water partition coefficient (Wildman–Crippen LogP) is -1.60. The third kappa shape index (κ3) is 3.16. The molecular formula is C7H18N2O2. The summed E-state index contributed by atoms with van der Waals surface area (Å²) in [5, 5.41) is 23.9. The molecule has 0 aliphatic rings. The second-order valence-electron chi connectivity index (χ2n) is 2.88. The van der Waals surface area contributed by atoms with Crippen molar-refractivity contribution in [2.45, 2.75) is 0 Å². The van der Waals surface area contributed by atoms with Crippen molar-refractivity contribution in [3.05, 3.63) is 0 Å². The average Bonchev–Trinajstić information content (AvgIpc) is 2.04. The molecule has 0 aromatic heterocycles. The lowest BCUT2D eigenvalue weighted by atomic mass is 9.90. The summed E-state index contributed by atoms with van der Waals surface area (Å²) >= 11 is 0. The van der Waals surface area contributed by atoms with Gasteiger partial charge in [-0.1, -0.05) is 0 Å². The molecule has 0 aromatic carbocycles. The molecule has 4 heteroatoms. The van der Waals surface area contributed by atoms with Gasteiger partial charge >= 0.3 is 0 Å². The summed E-state index contributed by atoms with van der Waals surface area (Å²) in [6.45, 7) is 1.21. The molecule has 0 bridgehead atoms. The fourth-order valence-corrected chi connectivity index (χ4v) is 1.09. The topological polar surface area (TPSA) is 64.5 Å². The van der Waals surface area contributed by atoms with Crippen molar-refractivity contribution in [3.8, 4) is 0 Å². The Labute approximate surface area is 67.6 Å². The van der Waals surface area contributed by atoms with Gasteiger partial charge in [0.25, 0.3) is 0 Å². The van der Waals surface area contributed by atoms with Crippen molar-refractivity contribution >= 4 is 0 Å². The van der Waals surface area contributed by atoms with Gasteiger partial charge in [0.2, 0.25) is 0 Å². The monoisotopic (exact) mass is 162 g/mol. The Balaban J connectivity index is 3.96. The first kappa shape index (κ1) is 10.8. The predicted molar refractivity (Wildman–Crippen MR) is 44.5 cm³/mol. The zero-order valence-corrected chi connectivity index (χ0v) is 7.22. The molecule has 0 heterocycles. The van der Waals surface area contributed by atoms with Gasteiger partial charge in [0.15, 0.2) is 0 Å². The Kier molecular flexibility index (Phi) is 5.41. The zero-order valence-electron chi connectivity index (χ0n) is 7.22. The minimum Gasteiger partial charge on any atom is -0.396 e. The maximum atomic E-state index is 9.00. The Morgan fingerprint density at radius 2 is 1.36 bits per heavy atom. The molecule has 0 rings (SSSR count). The maximum Gasteiger partial charge on any atom is 0.0533 e. The first-order chi connectivity index (χ1) is 5.24. The number of hydrogen-bond donors (Lipinski definition) is 4. The molecule has 0 aliphatic heterocycles. The summed E-state index contributed by atoms with van der Waals surface area (Å²) in [5.41, 5.74) is -0.427. The number of hydrogen-bond acceptors (Lipinski definition) is 4. The van der Waals surface area contributed by atoms with Gasteiger partial charge in [-0.05, 0) is 14.1 Å². The van der Waals surface area contributed by atoms with Crippen LogP contribution in [0.15, 0.2) is 0 Å². The lowest BCUT2D eigenvalue weighted by molar-refractivity contribution is 0.0573. The van der Waals surface area contributed by atoms with E-state index in [4.69, 9.17) is 10.2 Å². The molecule has 0 saturated heterocycles. The van der Waals surface area contributed by atoms with E-state index in [1.165, 1.54) is 0 Å². The molecular weight excluding hydrogens is 144 g/mol. The number of aliphatic hydroxyl groups excluding tert-OH is 2. The van der Waals surface area contributed by atoms with Crippen LogP contribution in [0.4, 0.5) is 0 Å². The average molecular weight is 162 g/mol. The Morgan fingerprint density at radius 3 is 1.55 bits per heavy atom. The molecule has 0 unspecified atom stereocenters. The van der Waals surface area contributed by atoms with E-state index in [0.717, 1.165) is 0 Å². The first-order valence-electron chi connectivity index (χ1n) is 3.75. The van der Waals surface area contributed by atoms with Gasteiger partial charge in [0, 0.05) is 18.5 Å². The van der Waals surface area contributed by atoms with Crippen molar-refractivity contribution in [3.63, 3.8) is 0 Å². The summed E-state index contributed by atoms with van der Waals surface area (Å²) in [6.07, 6.45) is 0. The fraction of sp³-hybridized carbons (Fsp3) is 1.00. The zero-order chi connectivity index (χ0) is 8.74. The lowest BCUT2D eigenvalue weighted by Crippen LogP contribution is -2.46. The van der Waals surface area contributed by atoms with Crippen molar-refractivity contribution in [2.24, 2.45) is 5.41 Å². The minimum atomic E-state index is -0.427. The molecule has 4 N–H and O–H groups in total. The van der Waals surface area contributed by atoms with Gasteiger partial charge in [-0.25, -0.2) is 0 Å². The molecule has 0 atom stereocenters. The van der Waals surface area contributed by atoms with Crippen LogP contribution in [0.5, 0.6) is 0 Å². The van der Waals surface area contributed by atoms with Crippen LogP contribution in [0.2, 0.25) is 0 Å². The molecule has 4 nitrogen and oxygen atoms in total. The van der Waals surface area contributed by atoms with E-state index in [0.29, 0.717) is 13.1 Å².